The first-order valence-electron chi connectivity index (χ1n) is 18.7. The van der Waals surface area contributed by atoms with Crippen LogP contribution >= 0.6 is 0 Å². The molecule has 0 spiro atoms. The summed E-state index contributed by atoms with van der Waals surface area (Å²) in [6, 6.07) is 5.15. The largest absolute Gasteiger partial charge is 2.00 e. The number of aromatic hydroxyl groups is 4. The predicted molar refractivity (Wildman–Crippen MR) is 224 cm³/mol. The molecular formula is C44H64BrF3MgO7S. The minimum Gasteiger partial charge on any atom is -1.00 e. The molecule has 2 aromatic rings. The number of phenols is 4. The van der Waals surface area contributed by atoms with Gasteiger partial charge in [-0.25, -0.2) is 0 Å². The number of benzene rings is 2. The van der Waals surface area contributed by atoms with Crippen molar-refractivity contribution >= 4 is 33.2 Å². The van der Waals surface area contributed by atoms with E-state index < -0.39 is 38.8 Å². The Balaban J connectivity index is 0. The van der Waals surface area contributed by atoms with Crippen LogP contribution in [0.3, 0.4) is 0 Å². The molecule has 2 aromatic carbocycles. The molecule has 0 amide bonds. The summed E-state index contributed by atoms with van der Waals surface area (Å²) in [6.07, 6.45) is 15.7. The summed E-state index contributed by atoms with van der Waals surface area (Å²) in [6.45, 7) is 23.9. The van der Waals surface area contributed by atoms with Crippen molar-refractivity contribution < 1.29 is 63.2 Å². The van der Waals surface area contributed by atoms with Gasteiger partial charge >= 0.3 is 38.7 Å². The van der Waals surface area contributed by atoms with Crippen LogP contribution in [0, 0.1) is 18.8 Å². The van der Waals surface area contributed by atoms with Crippen LogP contribution in [0.15, 0.2) is 71.9 Å². The van der Waals surface area contributed by atoms with Gasteiger partial charge in [0.15, 0.2) is 0 Å². The average molecular weight is 898 g/mol. The van der Waals surface area contributed by atoms with Crippen LogP contribution < -0.4 is 21.2 Å². The van der Waals surface area contributed by atoms with Gasteiger partial charge in [0.1, 0.15) is 28.7 Å². The third kappa shape index (κ3) is 16.5. The molecule has 57 heavy (non-hydrogen) atoms. The Labute approximate surface area is 367 Å². The van der Waals surface area contributed by atoms with Crippen LogP contribution in [0.1, 0.15) is 142 Å². The Morgan fingerprint density at radius 3 is 1.49 bits per heavy atom. The molecule has 0 bridgehead atoms. The van der Waals surface area contributed by atoms with E-state index in [1.165, 1.54) is 31.3 Å². The molecule has 4 atom stereocenters. The molecule has 0 aromatic heterocycles. The van der Waals surface area contributed by atoms with Crippen LogP contribution in [-0.2, 0) is 16.5 Å². The van der Waals surface area contributed by atoms with Gasteiger partial charge in [-0.1, -0.05) is 94.6 Å². The van der Waals surface area contributed by atoms with Crippen molar-refractivity contribution in [2.45, 2.75) is 137 Å². The fourth-order valence-corrected chi connectivity index (χ4v) is 7.41. The standard InChI is InChI=1S/C21H30O2.C17H19F3O5S.C5H11.CH4.BrH.Mg/c1-5-6-7-8-16-12-19(22)21(20(23)13-16)18-11-15(4)9-10-17(18)14(2)3;1-9(2)12-5-4-10(3)6-13(12)16-14(21)7-11(8-15(16)22)25-26(23,24)17(18,19)20;1-3-5-4-2;;;/h11-13,17-18,22-23H,2,5-10H2,1,3-4H3;6-8,12-13,21-22H,1,4-5H2,2-3H3;1,3-5H2,2H3;1H4;1H;/q;;-1;;;+2/p-1/t17-,18+;12-,13+;;;;/m00..../s1. The van der Waals surface area contributed by atoms with Crippen LogP contribution in [-0.4, -0.2) is 57.4 Å². The molecule has 13 heteroatoms. The summed E-state index contributed by atoms with van der Waals surface area (Å²) in [4.78, 5) is 0. The van der Waals surface area contributed by atoms with Crippen LogP contribution in [0.25, 0.3) is 0 Å². The van der Waals surface area contributed by atoms with Gasteiger partial charge in [-0.2, -0.15) is 28.0 Å². The van der Waals surface area contributed by atoms with Gasteiger partial charge in [-0.05, 0) is 95.8 Å². The maximum Gasteiger partial charge on any atom is 2.00 e. The van der Waals surface area contributed by atoms with E-state index in [-0.39, 0.29) is 82.3 Å². The van der Waals surface area contributed by atoms with Crippen molar-refractivity contribution in [3.8, 4) is 28.7 Å². The number of unbranched alkanes of at least 4 members (excludes halogenated alkanes) is 4. The number of hydrogen-bond acceptors (Lipinski definition) is 7. The number of rotatable bonds is 12. The van der Waals surface area contributed by atoms with E-state index in [4.69, 9.17) is 0 Å². The number of halogens is 4. The molecule has 0 saturated carbocycles. The van der Waals surface area contributed by atoms with Gasteiger partial charge in [-0.15, -0.1) is 0 Å². The van der Waals surface area contributed by atoms with Crippen molar-refractivity contribution in [1.82, 2.24) is 0 Å². The summed E-state index contributed by atoms with van der Waals surface area (Å²) in [5.41, 5.74) is 0.447. The topological polar surface area (TPSA) is 124 Å². The molecule has 0 heterocycles. The fourth-order valence-electron chi connectivity index (χ4n) is 6.97. The van der Waals surface area contributed by atoms with Crippen LogP contribution in [0.4, 0.5) is 13.2 Å². The Morgan fingerprint density at radius 2 is 1.18 bits per heavy atom. The van der Waals surface area contributed by atoms with Crippen LogP contribution in [0.2, 0.25) is 0 Å². The quantitative estimate of drug-likeness (QED) is 0.0418. The molecule has 0 radical (unpaired) electrons. The maximum absolute atomic E-state index is 12.4. The molecule has 7 nitrogen and oxygen atoms in total. The summed E-state index contributed by atoms with van der Waals surface area (Å²) >= 11 is 0. The SMILES string of the molecule is C.C=C(C)[C@@H]1CCC(C)=C[C@H]1c1c(O)cc(CCCCC)cc1O.C=C(C)[C@@H]1CCC(C)=C[C@H]1c1c(O)cc(OS(=O)(=O)C(F)(F)F)cc1O.[Br-].[CH2-]CCCC.[Mg+2]. The molecule has 4 rings (SSSR count). The van der Waals surface area contributed by atoms with E-state index in [9.17, 15) is 42.0 Å². The van der Waals surface area contributed by atoms with Crippen LogP contribution in [0.5, 0.6) is 28.7 Å². The zero-order chi connectivity index (χ0) is 41.0. The number of allylic oxidation sites excluding steroid dienone is 6. The van der Waals surface area contributed by atoms with Crippen molar-refractivity contribution in [2.75, 3.05) is 0 Å². The Kier molecular flexibility index (Phi) is 25.5. The number of alkyl halides is 3. The fraction of sp³-hybridized carbons (Fsp3) is 0.523. The summed E-state index contributed by atoms with van der Waals surface area (Å²) in [5.74, 6) is -1.72. The molecule has 2 aliphatic rings. The Morgan fingerprint density at radius 1 is 0.789 bits per heavy atom. The first-order chi connectivity index (χ1) is 25.2. The molecule has 4 N–H and O–H groups in total. The summed E-state index contributed by atoms with van der Waals surface area (Å²) in [5, 5.41) is 41.6. The smallest absolute Gasteiger partial charge is 1.00 e. The van der Waals surface area contributed by atoms with E-state index >= 15 is 0 Å². The van der Waals surface area contributed by atoms with E-state index in [1.54, 1.807) is 0 Å². The third-order valence-electron chi connectivity index (χ3n) is 9.90. The molecule has 2 aliphatic carbocycles. The second kappa shape index (κ2) is 25.8. The van der Waals surface area contributed by atoms with Gasteiger partial charge < -0.3 is 48.5 Å². The summed E-state index contributed by atoms with van der Waals surface area (Å²) < 4.78 is 63.4. The van der Waals surface area contributed by atoms with Gasteiger partial charge in [-0.3, -0.25) is 0 Å². The second-order valence-corrected chi connectivity index (χ2v) is 16.2. The molecule has 0 aliphatic heterocycles. The molecule has 318 valence electrons. The summed E-state index contributed by atoms with van der Waals surface area (Å²) in [7, 11) is -5.90. The zero-order valence-corrected chi connectivity index (χ0v) is 37.6. The normalized spacial score (nSPS) is 18.9. The van der Waals surface area contributed by atoms with Crippen molar-refractivity contribution in [1.29, 1.82) is 0 Å². The Bertz CT molecular complexity index is 1730. The molecular weight excluding hydrogens is 834 g/mol. The molecule has 0 saturated heterocycles. The minimum absolute atomic E-state index is 0. The number of hydrogen-bond donors (Lipinski definition) is 4. The maximum atomic E-state index is 12.4. The first-order valence-corrected chi connectivity index (χ1v) is 20.2. The van der Waals surface area contributed by atoms with Crippen molar-refractivity contribution in [3.05, 3.63) is 95.5 Å². The third-order valence-corrected chi connectivity index (χ3v) is 10.9. The van der Waals surface area contributed by atoms with Crippen molar-refractivity contribution in [3.63, 3.8) is 0 Å². The van der Waals surface area contributed by atoms with E-state index in [1.807, 2.05) is 39.0 Å². The first kappa shape index (κ1) is 56.5. The average Bonchev–Trinajstić information content (AvgIpc) is 3.04. The predicted octanol–water partition coefficient (Wildman–Crippen LogP) is 9.46. The molecule has 0 fully saturated rings. The Hall–Kier alpha value is -2.61. The number of phenolic OH excluding ortho intramolecular Hbond substituents is 4. The van der Waals surface area contributed by atoms with Crippen molar-refractivity contribution in [2.24, 2.45) is 11.8 Å². The van der Waals surface area contributed by atoms with E-state index in [0.717, 1.165) is 79.4 Å². The molecule has 0 unspecified atom stereocenters. The van der Waals surface area contributed by atoms with Gasteiger partial charge in [0.05, 0.1) is 0 Å². The second-order valence-electron chi connectivity index (χ2n) is 14.6. The zero-order valence-electron chi connectivity index (χ0n) is 33.8. The minimum atomic E-state index is -5.90. The van der Waals surface area contributed by atoms with E-state index in [0.29, 0.717) is 5.56 Å². The van der Waals surface area contributed by atoms with Gasteiger partial charge in [0.25, 0.3) is 0 Å². The van der Waals surface area contributed by atoms with E-state index in [2.05, 4.69) is 51.1 Å². The van der Waals surface area contributed by atoms with Gasteiger partial charge in [0.2, 0.25) is 0 Å². The monoisotopic (exact) mass is 896 g/mol. The van der Waals surface area contributed by atoms with Gasteiger partial charge in [0, 0.05) is 35.1 Å². The number of aryl methyl sites for hydroxylation is 1.